The zero-order valence-corrected chi connectivity index (χ0v) is 19.2. The summed E-state index contributed by atoms with van der Waals surface area (Å²) in [5.41, 5.74) is 2.92. The van der Waals surface area contributed by atoms with Gasteiger partial charge in [0.2, 0.25) is 9.84 Å². The molecule has 31 heavy (non-hydrogen) atoms. The van der Waals surface area contributed by atoms with E-state index >= 15 is 0 Å². The van der Waals surface area contributed by atoms with E-state index in [2.05, 4.69) is 16.7 Å². The Morgan fingerprint density at radius 1 is 0.935 bits per heavy atom. The van der Waals surface area contributed by atoms with E-state index in [1.807, 2.05) is 26.0 Å². The molecule has 6 nitrogen and oxygen atoms in total. The molecule has 2 aromatic rings. The Morgan fingerprint density at radius 2 is 1.65 bits per heavy atom. The number of morpholine rings is 2. The van der Waals surface area contributed by atoms with Crippen LogP contribution >= 0.6 is 0 Å². The van der Waals surface area contributed by atoms with Crippen molar-refractivity contribution in [2.45, 2.75) is 35.7 Å². The first-order chi connectivity index (χ1) is 15.0. The van der Waals surface area contributed by atoms with Crippen LogP contribution in [-0.2, 0) is 19.3 Å². The van der Waals surface area contributed by atoms with Gasteiger partial charge < -0.3 is 19.3 Å². The second-order valence-electron chi connectivity index (χ2n) is 8.33. The summed E-state index contributed by atoms with van der Waals surface area (Å²) >= 11 is 0. The third-order valence-corrected chi connectivity index (χ3v) is 7.73. The van der Waals surface area contributed by atoms with Crippen molar-refractivity contribution in [1.82, 2.24) is 0 Å². The first-order valence-electron chi connectivity index (χ1n) is 11.1. The van der Waals surface area contributed by atoms with Gasteiger partial charge in [0.25, 0.3) is 0 Å². The molecule has 2 saturated heterocycles. The van der Waals surface area contributed by atoms with Gasteiger partial charge in [0.15, 0.2) is 0 Å². The molecular weight excluding hydrogens is 411 g/mol. The van der Waals surface area contributed by atoms with Gasteiger partial charge in [-0.25, -0.2) is 8.42 Å². The highest BCUT2D eigenvalue weighted by molar-refractivity contribution is 7.91. The van der Waals surface area contributed by atoms with E-state index in [0.717, 1.165) is 55.9 Å². The fourth-order valence-corrected chi connectivity index (χ4v) is 5.69. The largest absolute Gasteiger partial charge is 0.378 e. The van der Waals surface area contributed by atoms with Crippen LogP contribution in [0.25, 0.3) is 0 Å². The molecule has 2 aliphatic heterocycles. The van der Waals surface area contributed by atoms with Crippen molar-refractivity contribution in [3.05, 3.63) is 42.5 Å². The van der Waals surface area contributed by atoms with E-state index in [-0.39, 0.29) is 6.10 Å². The molecule has 0 aliphatic carbocycles. The van der Waals surface area contributed by atoms with Gasteiger partial charge in [-0.05, 0) is 48.9 Å². The van der Waals surface area contributed by atoms with E-state index in [4.69, 9.17) is 9.47 Å². The summed E-state index contributed by atoms with van der Waals surface area (Å²) in [5, 5.41) is 0. The number of sulfone groups is 1. The molecule has 8 heteroatoms. The van der Waals surface area contributed by atoms with E-state index in [0.29, 0.717) is 29.6 Å². The van der Waals surface area contributed by atoms with Gasteiger partial charge in [-0.2, -0.15) is 0 Å². The Labute approximate surface area is 186 Å². The Balaban J connectivity index is 1.55. The summed E-state index contributed by atoms with van der Waals surface area (Å²) in [6.07, 6.45) is 2.38. The van der Waals surface area contributed by atoms with Crippen LogP contribution in [0.2, 0.25) is 0 Å². The zero-order valence-electron chi connectivity index (χ0n) is 18.4. The Hall–Kier alpha value is -2.03. The van der Waals surface area contributed by atoms with Crippen LogP contribution in [0, 0.1) is 0 Å². The molecule has 0 N–H and O–H groups in total. The fourth-order valence-electron chi connectivity index (χ4n) is 4.31. The molecule has 2 aliphatic rings. The van der Waals surface area contributed by atoms with Gasteiger partial charge in [0, 0.05) is 37.6 Å². The molecule has 1 atom stereocenters. The maximum atomic E-state index is 13.4. The standard InChI is InChI=1S/C23H31BN2O4S/c1-2-3-21-17-26(10-13-30-21)19-4-6-22(7-5-19)31(27,28)23-15-18(24)14-20(16-23)25-8-11-29-12-9-25/h4-7,14-16,21H,2-3,8-13,17,24H2,1H3. The third kappa shape index (κ3) is 5.08. The van der Waals surface area contributed by atoms with Gasteiger partial charge in [-0.1, -0.05) is 18.8 Å². The van der Waals surface area contributed by atoms with E-state index in [1.165, 1.54) is 0 Å². The number of ether oxygens (including phenoxy) is 2. The lowest BCUT2D eigenvalue weighted by atomic mass is 9.95. The van der Waals surface area contributed by atoms with E-state index < -0.39 is 9.84 Å². The first kappa shape index (κ1) is 22.2. The number of hydrogen-bond donors (Lipinski definition) is 0. The minimum Gasteiger partial charge on any atom is -0.378 e. The predicted octanol–water partition coefficient (Wildman–Crippen LogP) is 1.62. The minimum atomic E-state index is -3.59. The Kier molecular flexibility index (Phi) is 6.89. The highest BCUT2D eigenvalue weighted by Crippen LogP contribution is 2.27. The molecule has 166 valence electrons. The second-order valence-corrected chi connectivity index (χ2v) is 10.3. The smallest absolute Gasteiger partial charge is 0.206 e. The second kappa shape index (κ2) is 9.63. The molecule has 1 unspecified atom stereocenters. The highest BCUT2D eigenvalue weighted by atomic mass is 32.2. The number of anilines is 2. The monoisotopic (exact) mass is 442 g/mol. The lowest BCUT2D eigenvalue weighted by Gasteiger charge is -2.34. The normalized spacial score (nSPS) is 20.1. The molecular formula is C23H31BN2O4S. The molecule has 0 saturated carbocycles. The van der Waals surface area contributed by atoms with E-state index in [1.54, 1.807) is 24.3 Å². The van der Waals surface area contributed by atoms with Crippen LogP contribution in [0.5, 0.6) is 0 Å². The number of benzene rings is 2. The Bertz CT molecular complexity index is 989. The maximum absolute atomic E-state index is 13.4. The molecule has 2 fully saturated rings. The molecule has 0 amide bonds. The molecule has 2 heterocycles. The molecule has 0 radical (unpaired) electrons. The van der Waals surface area contributed by atoms with Crippen LogP contribution in [0.4, 0.5) is 11.4 Å². The summed E-state index contributed by atoms with van der Waals surface area (Å²) in [7, 11) is -1.65. The van der Waals surface area contributed by atoms with Crippen LogP contribution in [-0.4, -0.2) is 68.4 Å². The van der Waals surface area contributed by atoms with Crippen molar-refractivity contribution in [3.8, 4) is 0 Å². The SMILES string of the molecule is Bc1cc(N2CCOCC2)cc(S(=O)(=O)c2ccc(N3CCOC(CCC)C3)cc2)c1. The summed E-state index contributed by atoms with van der Waals surface area (Å²) in [6, 6.07) is 12.9. The summed E-state index contributed by atoms with van der Waals surface area (Å²) in [5.74, 6) is 0. The van der Waals surface area contributed by atoms with E-state index in [9.17, 15) is 8.42 Å². The van der Waals surface area contributed by atoms with Gasteiger partial charge in [0.05, 0.1) is 35.7 Å². The van der Waals surface area contributed by atoms with Crippen LogP contribution in [0.3, 0.4) is 0 Å². The van der Waals surface area contributed by atoms with Crippen molar-refractivity contribution in [1.29, 1.82) is 0 Å². The summed E-state index contributed by atoms with van der Waals surface area (Å²) < 4.78 is 38.0. The number of rotatable bonds is 6. The average molecular weight is 442 g/mol. The molecule has 0 spiro atoms. The number of nitrogens with zero attached hydrogens (tertiary/aromatic N) is 2. The molecule has 4 rings (SSSR count). The fraction of sp³-hybridized carbons (Fsp3) is 0.478. The molecule has 0 bridgehead atoms. The van der Waals surface area contributed by atoms with Crippen molar-refractivity contribution < 1.29 is 17.9 Å². The van der Waals surface area contributed by atoms with Crippen molar-refractivity contribution in [2.75, 3.05) is 55.8 Å². The number of hydrogen-bond acceptors (Lipinski definition) is 6. The first-order valence-corrected chi connectivity index (χ1v) is 12.6. The third-order valence-electron chi connectivity index (χ3n) is 5.98. The van der Waals surface area contributed by atoms with Crippen LogP contribution < -0.4 is 15.3 Å². The van der Waals surface area contributed by atoms with Crippen molar-refractivity contribution in [2.24, 2.45) is 0 Å². The van der Waals surface area contributed by atoms with Crippen LogP contribution in [0.15, 0.2) is 52.3 Å². The van der Waals surface area contributed by atoms with Gasteiger partial charge in [-0.3, -0.25) is 0 Å². The summed E-state index contributed by atoms with van der Waals surface area (Å²) in [6.45, 7) is 7.42. The van der Waals surface area contributed by atoms with Gasteiger partial charge >= 0.3 is 0 Å². The van der Waals surface area contributed by atoms with Crippen molar-refractivity contribution in [3.63, 3.8) is 0 Å². The highest BCUT2D eigenvalue weighted by Gasteiger charge is 2.23. The molecule has 0 aromatic heterocycles. The lowest BCUT2D eigenvalue weighted by molar-refractivity contribution is 0.0348. The minimum absolute atomic E-state index is 0.244. The lowest BCUT2D eigenvalue weighted by Crippen LogP contribution is -2.42. The van der Waals surface area contributed by atoms with Crippen LogP contribution in [0.1, 0.15) is 19.8 Å². The maximum Gasteiger partial charge on any atom is 0.206 e. The quantitative estimate of drug-likeness (QED) is 0.634. The summed E-state index contributed by atoms with van der Waals surface area (Å²) in [4.78, 5) is 5.14. The van der Waals surface area contributed by atoms with Crippen molar-refractivity contribution >= 4 is 34.5 Å². The Morgan fingerprint density at radius 3 is 2.35 bits per heavy atom. The zero-order chi connectivity index (χ0) is 21.8. The predicted molar refractivity (Wildman–Crippen MR) is 126 cm³/mol. The average Bonchev–Trinajstić information content (AvgIpc) is 2.80. The van der Waals surface area contributed by atoms with Gasteiger partial charge in [0.1, 0.15) is 7.85 Å². The topological polar surface area (TPSA) is 59.1 Å². The van der Waals surface area contributed by atoms with Gasteiger partial charge in [-0.15, -0.1) is 0 Å². The molecule has 2 aromatic carbocycles.